The van der Waals surface area contributed by atoms with Crippen molar-refractivity contribution in [3.8, 4) is 5.75 Å². The predicted molar refractivity (Wildman–Crippen MR) is 87.7 cm³/mol. The van der Waals surface area contributed by atoms with Crippen LogP contribution < -0.4 is 15.4 Å². The van der Waals surface area contributed by atoms with Crippen LogP contribution in [0.4, 0.5) is 11.4 Å². The number of benzene rings is 1. The maximum Gasteiger partial charge on any atom is 0.144 e. The molecule has 0 aliphatic heterocycles. The van der Waals surface area contributed by atoms with Crippen molar-refractivity contribution in [3.63, 3.8) is 0 Å². The van der Waals surface area contributed by atoms with Gasteiger partial charge in [-0.1, -0.05) is 6.07 Å². The molecule has 0 saturated carbocycles. The van der Waals surface area contributed by atoms with Crippen molar-refractivity contribution in [2.45, 2.75) is 33.4 Å². The minimum Gasteiger partial charge on any atom is -0.492 e. The van der Waals surface area contributed by atoms with Gasteiger partial charge >= 0.3 is 0 Å². The van der Waals surface area contributed by atoms with E-state index in [0.717, 1.165) is 18.0 Å². The summed E-state index contributed by atoms with van der Waals surface area (Å²) in [6.45, 7) is 7.90. The van der Waals surface area contributed by atoms with Crippen molar-refractivity contribution in [2.75, 3.05) is 17.2 Å². The van der Waals surface area contributed by atoms with Crippen LogP contribution in [0.3, 0.4) is 0 Å². The lowest BCUT2D eigenvalue weighted by atomic mass is 10.2. The fourth-order valence-electron chi connectivity index (χ4n) is 2.12. The van der Waals surface area contributed by atoms with Gasteiger partial charge < -0.3 is 15.4 Å². The summed E-state index contributed by atoms with van der Waals surface area (Å²) in [5.41, 5.74) is 7.78. The maximum absolute atomic E-state index is 5.95. The normalized spacial score (nSPS) is 10.8. The second-order valence-corrected chi connectivity index (χ2v) is 5.99. The molecule has 1 heterocycles. The zero-order valence-corrected chi connectivity index (χ0v) is 13.1. The summed E-state index contributed by atoms with van der Waals surface area (Å²) in [6, 6.07) is 10.7. The number of ether oxygens (including phenoxy) is 1. The van der Waals surface area contributed by atoms with Crippen LogP contribution in [0.15, 0.2) is 35.7 Å². The monoisotopic (exact) mass is 290 g/mol. The van der Waals surface area contributed by atoms with Crippen molar-refractivity contribution in [1.29, 1.82) is 0 Å². The van der Waals surface area contributed by atoms with E-state index in [1.54, 1.807) is 11.3 Å². The van der Waals surface area contributed by atoms with Gasteiger partial charge in [-0.2, -0.15) is 0 Å². The van der Waals surface area contributed by atoms with E-state index in [4.69, 9.17) is 10.5 Å². The summed E-state index contributed by atoms with van der Waals surface area (Å²) in [5.74, 6) is 0.766. The third-order valence-corrected chi connectivity index (χ3v) is 4.02. The molecule has 2 aromatic rings. The lowest BCUT2D eigenvalue weighted by Crippen LogP contribution is -2.29. The lowest BCUT2D eigenvalue weighted by Gasteiger charge is -2.29. The molecular weight excluding hydrogens is 268 g/mol. The topological polar surface area (TPSA) is 38.5 Å². The summed E-state index contributed by atoms with van der Waals surface area (Å²) in [4.78, 5) is 3.71. The highest BCUT2D eigenvalue weighted by atomic mass is 32.1. The number of anilines is 2. The zero-order chi connectivity index (χ0) is 14.5. The van der Waals surface area contributed by atoms with Crippen molar-refractivity contribution in [2.24, 2.45) is 0 Å². The minimum atomic E-state index is 0.412. The molecule has 0 saturated heterocycles. The standard InChI is InChI=1S/C16H22N2OS/c1-4-19-16-10-13(7-8-15(16)17)18(12(2)3)11-14-6-5-9-20-14/h5-10,12H,4,11,17H2,1-3H3. The van der Waals surface area contributed by atoms with Crippen molar-refractivity contribution in [3.05, 3.63) is 40.6 Å². The molecule has 3 nitrogen and oxygen atoms in total. The molecule has 0 aliphatic rings. The van der Waals surface area contributed by atoms with Gasteiger partial charge in [0.05, 0.1) is 18.8 Å². The summed E-state index contributed by atoms with van der Waals surface area (Å²) < 4.78 is 5.59. The van der Waals surface area contributed by atoms with Gasteiger partial charge in [-0.05, 0) is 44.4 Å². The molecule has 0 aliphatic carbocycles. The fraction of sp³-hybridized carbons (Fsp3) is 0.375. The Morgan fingerprint density at radius 1 is 1.30 bits per heavy atom. The summed E-state index contributed by atoms with van der Waals surface area (Å²) in [7, 11) is 0. The number of nitrogens with zero attached hydrogens (tertiary/aromatic N) is 1. The number of thiophene rings is 1. The molecule has 0 bridgehead atoms. The number of nitrogens with two attached hydrogens (primary N) is 1. The van der Waals surface area contributed by atoms with Crippen LogP contribution >= 0.6 is 11.3 Å². The van der Waals surface area contributed by atoms with Crippen molar-refractivity contribution < 1.29 is 4.74 Å². The van der Waals surface area contributed by atoms with Gasteiger partial charge in [-0.25, -0.2) is 0 Å². The number of rotatable bonds is 6. The molecule has 2 N–H and O–H groups in total. The van der Waals surface area contributed by atoms with Crippen LogP contribution in [0.25, 0.3) is 0 Å². The van der Waals surface area contributed by atoms with Gasteiger partial charge in [-0.15, -0.1) is 11.3 Å². The number of hydrogen-bond donors (Lipinski definition) is 1. The van der Waals surface area contributed by atoms with Gasteiger partial charge in [-0.3, -0.25) is 0 Å². The maximum atomic E-state index is 5.95. The molecule has 0 amide bonds. The quantitative estimate of drug-likeness (QED) is 0.812. The van der Waals surface area contributed by atoms with E-state index < -0.39 is 0 Å². The Bertz CT molecular complexity index is 537. The average molecular weight is 290 g/mol. The minimum absolute atomic E-state index is 0.412. The van der Waals surface area contributed by atoms with E-state index in [2.05, 4.69) is 42.3 Å². The van der Waals surface area contributed by atoms with E-state index >= 15 is 0 Å². The first-order valence-corrected chi connectivity index (χ1v) is 7.81. The molecule has 0 fully saturated rings. The molecule has 2 rings (SSSR count). The Kier molecular flexibility index (Phi) is 4.90. The van der Waals surface area contributed by atoms with Crippen LogP contribution in [0.1, 0.15) is 25.6 Å². The Labute approximate surface area is 125 Å². The Hall–Kier alpha value is -1.68. The van der Waals surface area contributed by atoms with Gasteiger partial charge in [0.25, 0.3) is 0 Å². The van der Waals surface area contributed by atoms with Gasteiger partial charge in [0.2, 0.25) is 0 Å². The van der Waals surface area contributed by atoms with E-state index in [0.29, 0.717) is 18.3 Å². The lowest BCUT2D eigenvalue weighted by molar-refractivity contribution is 0.342. The Morgan fingerprint density at radius 3 is 2.70 bits per heavy atom. The highest BCUT2D eigenvalue weighted by molar-refractivity contribution is 7.09. The number of hydrogen-bond acceptors (Lipinski definition) is 4. The van der Waals surface area contributed by atoms with Crippen LogP contribution in [0.2, 0.25) is 0 Å². The first-order chi connectivity index (χ1) is 9.61. The molecule has 4 heteroatoms. The van der Waals surface area contributed by atoms with Crippen molar-refractivity contribution >= 4 is 22.7 Å². The Morgan fingerprint density at radius 2 is 2.10 bits per heavy atom. The summed E-state index contributed by atoms with van der Waals surface area (Å²) in [6.07, 6.45) is 0. The number of nitrogen functional groups attached to an aromatic ring is 1. The molecule has 0 atom stereocenters. The molecule has 1 aromatic carbocycles. The van der Waals surface area contributed by atoms with Gasteiger partial charge in [0, 0.05) is 22.7 Å². The van der Waals surface area contributed by atoms with E-state index in [-0.39, 0.29) is 0 Å². The second kappa shape index (κ2) is 6.66. The molecule has 0 unspecified atom stereocenters. The van der Waals surface area contributed by atoms with Crippen LogP contribution in [0, 0.1) is 0 Å². The van der Waals surface area contributed by atoms with E-state index in [9.17, 15) is 0 Å². The molecule has 108 valence electrons. The smallest absolute Gasteiger partial charge is 0.144 e. The SMILES string of the molecule is CCOc1cc(N(Cc2cccs2)C(C)C)ccc1N. The van der Waals surface area contributed by atoms with E-state index in [1.807, 2.05) is 19.1 Å². The highest BCUT2D eigenvalue weighted by Gasteiger charge is 2.13. The van der Waals surface area contributed by atoms with Crippen LogP contribution in [0.5, 0.6) is 5.75 Å². The van der Waals surface area contributed by atoms with Gasteiger partial charge in [0.15, 0.2) is 0 Å². The third-order valence-electron chi connectivity index (χ3n) is 3.16. The Balaban J connectivity index is 2.27. The van der Waals surface area contributed by atoms with Crippen LogP contribution in [-0.2, 0) is 6.54 Å². The predicted octanol–water partition coefficient (Wildman–Crippen LogP) is 4.14. The van der Waals surface area contributed by atoms with Crippen molar-refractivity contribution in [1.82, 2.24) is 0 Å². The zero-order valence-electron chi connectivity index (χ0n) is 12.3. The molecule has 20 heavy (non-hydrogen) atoms. The largest absolute Gasteiger partial charge is 0.492 e. The van der Waals surface area contributed by atoms with Crippen LogP contribution in [-0.4, -0.2) is 12.6 Å². The fourth-order valence-corrected chi connectivity index (χ4v) is 2.83. The average Bonchev–Trinajstić information content (AvgIpc) is 2.92. The second-order valence-electron chi connectivity index (χ2n) is 4.96. The summed E-state index contributed by atoms with van der Waals surface area (Å²) >= 11 is 1.78. The molecule has 0 spiro atoms. The van der Waals surface area contributed by atoms with Gasteiger partial charge in [0.1, 0.15) is 5.75 Å². The molecular formula is C16H22N2OS. The van der Waals surface area contributed by atoms with E-state index in [1.165, 1.54) is 4.88 Å². The summed E-state index contributed by atoms with van der Waals surface area (Å²) in [5, 5.41) is 2.11. The highest BCUT2D eigenvalue weighted by Crippen LogP contribution is 2.30. The third kappa shape index (κ3) is 3.45. The molecule has 0 radical (unpaired) electrons. The molecule has 1 aromatic heterocycles. The first kappa shape index (κ1) is 14.7. The first-order valence-electron chi connectivity index (χ1n) is 6.93.